The molecule has 2 aromatic rings. The van der Waals surface area contributed by atoms with Crippen LogP contribution in [-0.2, 0) is 0 Å². The molecule has 0 aliphatic rings. The van der Waals surface area contributed by atoms with Gasteiger partial charge in [0.25, 0.3) is 0 Å². The number of hydrogen-bond acceptors (Lipinski definition) is 1. The summed E-state index contributed by atoms with van der Waals surface area (Å²) < 4.78 is 26.2. The molecule has 3 heteroatoms. The zero-order valence-electron chi connectivity index (χ0n) is 9.36. The van der Waals surface area contributed by atoms with Gasteiger partial charge in [-0.15, -0.1) is 11.8 Å². The monoisotopic (exact) mass is 250 g/mol. The second-order valence-electron chi connectivity index (χ2n) is 3.75. The summed E-state index contributed by atoms with van der Waals surface area (Å²) in [6.45, 7) is 2.00. The van der Waals surface area contributed by atoms with Crippen molar-refractivity contribution in [1.82, 2.24) is 0 Å². The Bertz CT molecular complexity index is 497. The summed E-state index contributed by atoms with van der Waals surface area (Å²) in [6.07, 6.45) is 0. The van der Waals surface area contributed by atoms with E-state index in [0.29, 0.717) is 4.90 Å². The second kappa shape index (κ2) is 5.32. The van der Waals surface area contributed by atoms with Gasteiger partial charge in [-0.2, -0.15) is 0 Å². The molecule has 0 heterocycles. The summed E-state index contributed by atoms with van der Waals surface area (Å²) in [4.78, 5) is 0.475. The lowest BCUT2D eigenvalue weighted by Crippen LogP contribution is -1.90. The molecule has 0 spiro atoms. The van der Waals surface area contributed by atoms with Gasteiger partial charge in [-0.3, -0.25) is 0 Å². The molecule has 0 bridgehead atoms. The molecule has 88 valence electrons. The Kier molecular flexibility index (Phi) is 3.79. The van der Waals surface area contributed by atoms with Crippen molar-refractivity contribution in [3.63, 3.8) is 0 Å². The van der Waals surface area contributed by atoms with Crippen LogP contribution in [0.2, 0.25) is 0 Å². The molecule has 0 saturated carbocycles. The summed E-state index contributed by atoms with van der Waals surface area (Å²) in [5.74, 6) is -1.04. The molecular formula is C14H12F2S. The van der Waals surface area contributed by atoms with Crippen molar-refractivity contribution in [2.45, 2.75) is 17.1 Å². The fraction of sp³-hybridized carbons (Fsp3) is 0.143. The first-order chi connectivity index (χ1) is 8.16. The highest BCUT2D eigenvalue weighted by atomic mass is 32.2. The molecule has 0 N–H and O–H groups in total. The maximum absolute atomic E-state index is 13.5. The lowest BCUT2D eigenvalue weighted by Gasteiger charge is -2.12. The van der Waals surface area contributed by atoms with E-state index < -0.39 is 11.6 Å². The van der Waals surface area contributed by atoms with Crippen molar-refractivity contribution < 1.29 is 8.78 Å². The number of benzene rings is 2. The zero-order chi connectivity index (χ0) is 12.3. The number of thioether (sulfide) groups is 1. The standard InChI is InChI=1S/C14H12F2S/c1-10(11-5-3-2-4-6-11)17-14-8-7-12(15)9-13(14)16/h2-10H,1H3. The van der Waals surface area contributed by atoms with Gasteiger partial charge in [0.15, 0.2) is 0 Å². The van der Waals surface area contributed by atoms with E-state index in [0.717, 1.165) is 11.6 Å². The molecule has 0 aliphatic carbocycles. The number of halogens is 2. The molecule has 0 fully saturated rings. The van der Waals surface area contributed by atoms with Crippen molar-refractivity contribution >= 4 is 11.8 Å². The summed E-state index contributed by atoms with van der Waals surface area (Å²) in [7, 11) is 0. The molecule has 0 aliphatic heterocycles. The van der Waals surface area contributed by atoms with Crippen LogP contribution in [0.1, 0.15) is 17.7 Å². The van der Waals surface area contributed by atoms with Crippen molar-refractivity contribution in [3.05, 3.63) is 65.7 Å². The average Bonchev–Trinajstić information content (AvgIpc) is 2.34. The van der Waals surface area contributed by atoms with Crippen LogP contribution in [0, 0.1) is 11.6 Å². The largest absolute Gasteiger partial charge is 0.207 e. The SMILES string of the molecule is CC(Sc1ccc(F)cc1F)c1ccccc1. The third kappa shape index (κ3) is 3.07. The van der Waals surface area contributed by atoms with Gasteiger partial charge in [0, 0.05) is 16.2 Å². The van der Waals surface area contributed by atoms with E-state index in [9.17, 15) is 8.78 Å². The lowest BCUT2D eigenvalue weighted by atomic mass is 10.2. The van der Waals surface area contributed by atoms with Gasteiger partial charge in [0.2, 0.25) is 0 Å². The van der Waals surface area contributed by atoms with Crippen LogP contribution in [0.15, 0.2) is 53.4 Å². The van der Waals surface area contributed by atoms with Gasteiger partial charge >= 0.3 is 0 Å². The Morgan fingerprint density at radius 1 is 1.00 bits per heavy atom. The summed E-state index contributed by atoms with van der Waals surface area (Å²) >= 11 is 1.39. The number of rotatable bonds is 3. The van der Waals surface area contributed by atoms with E-state index in [1.807, 2.05) is 37.3 Å². The maximum Gasteiger partial charge on any atom is 0.139 e. The lowest BCUT2D eigenvalue weighted by molar-refractivity contribution is 0.565. The fourth-order valence-electron chi connectivity index (χ4n) is 1.55. The normalized spacial score (nSPS) is 12.4. The molecule has 1 unspecified atom stereocenters. The Labute approximate surface area is 104 Å². The van der Waals surface area contributed by atoms with Crippen LogP contribution in [0.4, 0.5) is 8.78 Å². The van der Waals surface area contributed by atoms with Crippen LogP contribution >= 0.6 is 11.8 Å². The van der Waals surface area contributed by atoms with Gasteiger partial charge in [0.1, 0.15) is 11.6 Å². The van der Waals surface area contributed by atoms with Crippen LogP contribution in [0.3, 0.4) is 0 Å². The molecule has 17 heavy (non-hydrogen) atoms. The molecule has 0 aromatic heterocycles. The van der Waals surface area contributed by atoms with Crippen LogP contribution < -0.4 is 0 Å². The molecule has 0 nitrogen and oxygen atoms in total. The van der Waals surface area contributed by atoms with Crippen molar-refractivity contribution in [2.75, 3.05) is 0 Å². The minimum Gasteiger partial charge on any atom is -0.207 e. The number of hydrogen-bond donors (Lipinski definition) is 0. The second-order valence-corrected chi connectivity index (χ2v) is 5.13. The smallest absolute Gasteiger partial charge is 0.139 e. The van der Waals surface area contributed by atoms with Crippen molar-refractivity contribution in [2.24, 2.45) is 0 Å². The maximum atomic E-state index is 13.5. The molecule has 0 saturated heterocycles. The van der Waals surface area contributed by atoms with Gasteiger partial charge in [0.05, 0.1) is 0 Å². The molecule has 0 radical (unpaired) electrons. The topological polar surface area (TPSA) is 0 Å². The van der Waals surface area contributed by atoms with Crippen LogP contribution in [0.25, 0.3) is 0 Å². The highest BCUT2D eigenvalue weighted by Crippen LogP contribution is 2.35. The van der Waals surface area contributed by atoms with E-state index in [2.05, 4.69) is 0 Å². The van der Waals surface area contributed by atoms with Gasteiger partial charge < -0.3 is 0 Å². The molecular weight excluding hydrogens is 238 g/mol. The quantitative estimate of drug-likeness (QED) is 0.704. The minimum absolute atomic E-state index is 0.135. The predicted octanol–water partition coefficient (Wildman–Crippen LogP) is 4.82. The molecule has 2 aromatic carbocycles. The zero-order valence-corrected chi connectivity index (χ0v) is 10.2. The average molecular weight is 250 g/mol. The fourth-order valence-corrected chi connectivity index (χ4v) is 2.55. The first-order valence-electron chi connectivity index (χ1n) is 5.33. The summed E-state index contributed by atoms with van der Waals surface area (Å²) in [5.41, 5.74) is 1.13. The highest BCUT2D eigenvalue weighted by molar-refractivity contribution is 7.99. The molecule has 1 atom stereocenters. The van der Waals surface area contributed by atoms with Gasteiger partial charge in [-0.1, -0.05) is 30.3 Å². The minimum atomic E-state index is -0.542. The van der Waals surface area contributed by atoms with E-state index in [4.69, 9.17) is 0 Å². The van der Waals surface area contributed by atoms with Gasteiger partial charge in [-0.05, 0) is 24.6 Å². The van der Waals surface area contributed by atoms with Gasteiger partial charge in [-0.25, -0.2) is 8.78 Å². The van der Waals surface area contributed by atoms with Crippen LogP contribution in [-0.4, -0.2) is 0 Å². The van der Waals surface area contributed by atoms with Crippen molar-refractivity contribution in [1.29, 1.82) is 0 Å². The first-order valence-corrected chi connectivity index (χ1v) is 6.21. The Hall–Kier alpha value is -1.35. The summed E-state index contributed by atoms with van der Waals surface area (Å²) in [5, 5.41) is 0.135. The third-order valence-electron chi connectivity index (χ3n) is 2.47. The highest BCUT2D eigenvalue weighted by Gasteiger charge is 2.10. The Morgan fingerprint density at radius 2 is 1.71 bits per heavy atom. The summed E-state index contributed by atoms with van der Waals surface area (Å²) in [6, 6.07) is 13.5. The van der Waals surface area contributed by atoms with E-state index in [1.165, 1.54) is 23.9 Å². The predicted molar refractivity (Wildman–Crippen MR) is 67.1 cm³/mol. The first kappa shape index (κ1) is 12.1. The van der Waals surface area contributed by atoms with E-state index in [1.54, 1.807) is 0 Å². The van der Waals surface area contributed by atoms with E-state index in [-0.39, 0.29) is 5.25 Å². The Balaban J connectivity index is 2.16. The van der Waals surface area contributed by atoms with E-state index >= 15 is 0 Å². The van der Waals surface area contributed by atoms with Crippen molar-refractivity contribution in [3.8, 4) is 0 Å². The van der Waals surface area contributed by atoms with Crippen LogP contribution in [0.5, 0.6) is 0 Å². The third-order valence-corrected chi connectivity index (χ3v) is 3.68. The Morgan fingerprint density at radius 3 is 2.35 bits per heavy atom. The molecule has 2 rings (SSSR count). The molecule has 0 amide bonds.